The molecule has 0 aliphatic carbocycles. The fourth-order valence-corrected chi connectivity index (χ4v) is 8.83. The van der Waals surface area contributed by atoms with E-state index >= 15 is 0 Å². The van der Waals surface area contributed by atoms with Crippen LogP contribution in [0.5, 0.6) is 0 Å². The van der Waals surface area contributed by atoms with Crippen LogP contribution in [0.2, 0.25) is 0 Å². The highest BCUT2D eigenvalue weighted by Crippen LogP contribution is 2.44. The van der Waals surface area contributed by atoms with E-state index in [1.165, 1.54) is 87.2 Å². The SMILES string of the molecule is c1ccc(-c2cc(-c3cc4ccccc4c4ccccc34)cc(N(c3ccc(-c4cccc5ccccc45)cc3)c3ccc4ccc5ccccc5c4c3)c2)cc1. The summed E-state index contributed by atoms with van der Waals surface area (Å²) in [5.41, 5.74) is 10.5. The summed E-state index contributed by atoms with van der Waals surface area (Å²) in [6, 6.07) is 82.3. The van der Waals surface area contributed by atoms with Crippen molar-refractivity contribution in [2.24, 2.45) is 0 Å². The Balaban J connectivity index is 1.17. The summed E-state index contributed by atoms with van der Waals surface area (Å²) in [6.07, 6.45) is 0. The highest BCUT2D eigenvalue weighted by molar-refractivity contribution is 6.14. The zero-order chi connectivity index (χ0) is 37.7. The molecule has 0 saturated carbocycles. The molecule has 11 rings (SSSR count). The highest BCUT2D eigenvalue weighted by atomic mass is 15.1. The second-order valence-electron chi connectivity index (χ2n) is 14.9. The zero-order valence-corrected chi connectivity index (χ0v) is 31.3. The summed E-state index contributed by atoms with van der Waals surface area (Å²) in [5.74, 6) is 0. The Hall–Kier alpha value is -7.48. The van der Waals surface area contributed by atoms with Crippen LogP contribution in [0.3, 0.4) is 0 Å². The first-order chi connectivity index (χ1) is 28.2. The lowest BCUT2D eigenvalue weighted by atomic mass is 9.91. The Morgan fingerprint density at radius 1 is 0.211 bits per heavy atom. The average molecular weight is 724 g/mol. The van der Waals surface area contributed by atoms with Crippen LogP contribution in [0.15, 0.2) is 224 Å². The molecular weight excluding hydrogens is 687 g/mol. The third-order valence-corrected chi connectivity index (χ3v) is 11.6. The number of fused-ring (bicyclic) bond motifs is 7. The van der Waals surface area contributed by atoms with E-state index in [2.05, 4.69) is 229 Å². The fraction of sp³-hybridized carbons (Fsp3) is 0. The van der Waals surface area contributed by atoms with Gasteiger partial charge in [-0.2, -0.15) is 0 Å². The largest absolute Gasteiger partial charge is 0.310 e. The standard InChI is InChI=1S/C56H37N/c1-2-13-38(14-3-1)44-33-45(55-36-43-17-6-9-21-52(43)53-22-10-11-23-54(53)55)35-48(34-44)57(47-32-29-42-26-25-40-16-5-8-20-51(40)56(42)37-47)46-30-27-41(28-31-46)50-24-12-18-39-15-4-7-19-49(39)50/h1-37H. The van der Waals surface area contributed by atoms with Gasteiger partial charge in [0.1, 0.15) is 0 Å². The molecule has 0 N–H and O–H groups in total. The predicted molar refractivity (Wildman–Crippen MR) is 245 cm³/mol. The molecule has 11 aromatic rings. The van der Waals surface area contributed by atoms with E-state index in [4.69, 9.17) is 0 Å². The number of hydrogen-bond acceptors (Lipinski definition) is 1. The van der Waals surface area contributed by atoms with E-state index in [-0.39, 0.29) is 0 Å². The molecular formula is C56H37N. The minimum Gasteiger partial charge on any atom is -0.310 e. The zero-order valence-electron chi connectivity index (χ0n) is 31.3. The maximum absolute atomic E-state index is 2.44. The van der Waals surface area contributed by atoms with Gasteiger partial charge in [-0.15, -0.1) is 0 Å². The molecule has 0 aliphatic rings. The third-order valence-electron chi connectivity index (χ3n) is 11.6. The Morgan fingerprint density at radius 3 is 1.53 bits per heavy atom. The Morgan fingerprint density at radius 2 is 0.754 bits per heavy atom. The van der Waals surface area contributed by atoms with E-state index in [9.17, 15) is 0 Å². The van der Waals surface area contributed by atoms with E-state index in [1.54, 1.807) is 0 Å². The topological polar surface area (TPSA) is 3.24 Å². The van der Waals surface area contributed by atoms with Crippen LogP contribution in [-0.4, -0.2) is 0 Å². The first kappa shape index (κ1) is 32.9. The summed E-state index contributed by atoms with van der Waals surface area (Å²) in [4.78, 5) is 2.44. The van der Waals surface area contributed by atoms with Gasteiger partial charge in [-0.1, -0.05) is 176 Å². The maximum atomic E-state index is 2.44. The second kappa shape index (κ2) is 13.7. The smallest absolute Gasteiger partial charge is 0.0473 e. The van der Waals surface area contributed by atoms with Crippen LogP contribution in [-0.2, 0) is 0 Å². The molecule has 1 nitrogen and oxygen atoms in total. The van der Waals surface area contributed by atoms with Gasteiger partial charge in [-0.3, -0.25) is 0 Å². The van der Waals surface area contributed by atoms with Crippen LogP contribution < -0.4 is 4.90 Å². The van der Waals surface area contributed by atoms with E-state index < -0.39 is 0 Å². The van der Waals surface area contributed by atoms with Crippen LogP contribution >= 0.6 is 0 Å². The van der Waals surface area contributed by atoms with E-state index in [0.717, 1.165) is 17.1 Å². The van der Waals surface area contributed by atoms with E-state index in [1.807, 2.05) is 0 Å². The van der Waals surface area contributed by atoms with Crippen LogP contribution in [0.1, 0.15) is 0 Å². The Kier molecular flexibility index (Phi) is 7.89. The molecule has 0 heterocycles. The number of anilines is 3. The molecule has 0 fully saturated rings. The molecule has 1 heteroatoms. The van der Waals surface area contributed by atoms with Gasteiger partial charge in [0.15, 0.2) is 0 Å². The lowest BCUT2D eigenvalue weighted by Crippen LogP contribution is -2.10. The van der Waals surface area contributed by atoms with Crippen molar-refractivity contribution in [1.29, 1.82) is 0 Å². The first-order valence-electron chi connectivity index (χ1n) is 19.7. The van der Waals surface area contributed by atoms with Gasteiger partial charge in [0.25, 0.3) is 0 Å². The number of benzene rings is 11. The molecule has 0 unspecified atom stereocenters. The first-order valence-corrected chi connectivity index (χ1v) is 19.7. The average Bonchev–Trinajstić information content (AvgIpc) is 3.29. The van der Waals surface area contributed by atoms with Crippen LogP contribution in [0.25, 0.3) is 87.2 Å². The molecule has 57 heavy (non-hydrogen) atoms. The van der Waals surface area contributed by atoms with Crippen LogP contribution in [0, 0.1) is 0 Å². The molecule has 0 atom stereocenters. The molecule has 0 aromatic heterocycles. The summed E-state index contributed by atoms with van der Waals surface area (Å²) in [7, 11) is 0. The van der Waals surface area contributed by atoms with Crippen molar-refractivity contribution in [3.63, 3.8) is 0 Å². The quantitative estimate of drug-likeness (QED) is 0.154. The third kappa shape index (κ3) is 5.80. The minimum absolute atomic E-state index is 1.10. The van der Waals surface area contributed by atoms with Crippen molar-refractivity contribution in [2.45, 2.75) is 0 Å². The molecule has 0 radical (unpaired) electrons. The van der Waals surface area contributed by atoms with Gasteiger partial charge in [-0.25, -0.2) is 0 Å². The highest BCUT2D eigenvalue weighted by Gasteiger charge is 2.19. The molecule has 0 aliphatic heterocycles. The van der Waals surface area contributed by atoms with Crippen molar-refractivity contribution < 1.29 is 0 Å². The van der Waals surface area contributed by atoms with Crippen molar-refractivity contribution in [2.75, 3.05) is 4.90 Å². The molecule has 266 valence electrons. The summed E-state index contributed by atoms with van der Waals surface area (Å²) >= 11 is 0. The number of rotatable bonds is 6. The Labute approximate surface area is 332 Å². The van der Waals surface area contributed by atoms with Crippen molar-refractivity contribution >= 4 is 70.9 Å². The Bertz CT molecular complexity index is 3280. The van der Waals surface area contributed by atoms with Gasteiger partial charge in [0.2, 0.25) is 0 Å². The monoisotopic (exact) mass is 723 g/mol. The van der Waals surface area contributed by atoms with Gasteiger partial charge in [-0.05, 0) is 136 Å². The second-order valence-corrected chi connectivity index (χ2v) is 14.9. The van der Waals surface area contributed by atoms with E-state index in [0.29, 0.717) is 0 Å². The molecule has 0 saturated heterocycles. The predicted octanol–water partition coefficient (Wildman–Crippen LogP) is 15.9. The lowest BCUT2D eigenvalue weighted by Gasteiger charge is -2.28. The summed E-state index contributed by atoms with van der Waals surface area (Å²) in [5, 5.41) is 12.5. The summed E-state index contributed by atoms with van der Waals surface area (Å²) < 4.78 is 0. The molecule has 0 bridgehead atoms. The van der Waals surface area contributed by atoms with Gasteiger partial charge < -0.3 is 4.90 Å². The maximum Gasteiger partial charge on any atom is 0.0473 e. The van der Waals surface area contributed by atoms with Gasteiger partial charge >= 0.3 is 0 Å². The van der Waals surface area contributed by atoms with Gasteiger partial charge in [0.05, 0.1) is 0 Å². The van der Waals surface area contributed by atoms with Gasteiger partial charge in [0, 0.05) is 17.1 Å². The fourth-order valence-electron chi connectivity index (χ4n) is 8.83. The van der Waals surface area contributed by atoms with Crippen molar-refractivity contribution in [3.8, 4) is 33.4 Å². The number of nitrogens with zero attached hydrogens (tertiary/aromatic N) is 1. The normalized spacial score (nSPS) is 11.5. The summed E-state index contributed by atoms with van der Waals surface area (Å²) in [6.45, 7) is 0. The van der Waals surface area contributed by atoms with Crippen molar-refractivity contribution in [1.82, 2.24) is 0 Å². The molecule has 0 spiro atoms. The lowest BCUT2D eigenvalue weighted by molar-refractivity contribution is 1.29. The number of hydrogen-bond donors (Lipinski definition) is 0. The van der Waals surface area contributed by atoms with Crippen LogP contribution in [0.4, 0.5) is 17.1 Å². The minimum atomic E-state index is 1.10. The van der Waals surface area contributed by atoms with Crippen molar-refractivity contribution in [3.05, 3.63) is 224 Å². The molecule has 0 amide bonds. The molecule has 11 aromatic carbocycles.